The fraction of sp³-hybridized carbons (Fsp3) is 0.167. The number of hydrogen-bond acceptors (Lipinski definition) is 8. The molecule has 4 aliphatic carbocycles. The second kappa shape index (κ2) is 6.51. The Hall–Kier alpha value is -2.52. The number of hydrogen-bond donors (Lipinski definition) is 0. The molecule has 0 fully saturated rings. The van der Waals surface area contributed by atoms with Gasteiger partial charge in [0.25, 0.3) is 0 Å². The molecule has 0 saturated heterocycles. The predicted octanol–water partition coefficient (Wildman–Crippen LogP) is 6.14. The zero-order valence-electron chi connectivity index (χ0n) is 16.2. The fourth-order valence-electron chi connectivity index (χ4n) is 5.46. The Bertz CT molecular complexity index is 1270. The van der Waals surface area contributed by atoms with Crippen molar-refractivity contribution in [2.24, 2.45) is 0 Å². The van der Waals surface area contributed by atoms with Gasteiger partial charge >= 0.3 is 0 Å². The highest BCUT2D eigenvalue weighted by atomic mass is 32.1. The van der Waals surface area contributed by atoms with E-state index < -0.39 is 0 Å². The summed E-state index contributed by atoms with van der Waals surface area (Å²) in [6.07, 6.45) is 0. The second-order valence-corrected chi connectivity index (χ2v) is 11.9. The van der Waals surface area contributed by atoms with Crippen LogP contribution in [0.5, 0.6) is 0 Å². The topological polar surface area (TPSA) is 68.3 Å². The molecule has 0 aliphatic heterocycles. The second-order valence-electron chi connectivity index (χ2n) is 8.17. The highest BCUT2D eigenvalue weighted by Crippen LogP contribution is 2.55. The van der Waals surface area contributed by atoms with Crippen molar-refractivity contribution in [2.45, 2.75) is 23.7 Å². The molecule has 0 bridgehead atoms. The summed E-state index contributed by atoms with van der Waals surface area (Å²) in [7, 11) is 0. The summed E-state index contributed by atoms with van der Waals surface area (Å²) in [5, 5.41) is 7.61. The van der Waals surface area contributed by atoms with Gasteiger partial charge in [-0.2, -0.15) is 0 Å². The summed E-state index contributed by atoms with van der Waals surface area (Å²) < 4.78 is 0. The molecule has 32 heavy (non-hydrogen) atoms. The van der Waals surface area contributed by atoms with E-state index in [1.54, 1.807) is 0 Å². The third kappa shape index (κ3) is 2.21. The van der Waals surface area contributed by atoms with Crippen LogP contribution < -0.4 is 0 Å². The van der Waals surface area contributed by atoms with Gasteiger partial charge in [-0.05, 0) is 56.9 Å². The molecule has 8 rings (SSSR count). The van der Waals surface area contributed by atoms with Crippen molar-refractivity contribution in [2.75, 3.05) is 0 Å². The van der Waals surface area contributed by atoms with Gasteiger partial charge in [0.1, 0.15) is 0 Å². The first-order chi connectivity index (χ1) is 15.6. The van der Waals surface area contributed by atoms with E-state index in [4.69, 9.17) is 0 Å². The first kappa shape index (κ1) is 19.0. The van der Waals surface area contributed by atoms with Gasteiger partial charge in [-0.3, -0.25) is 19.2 Å². The minimum absolute atomic E-state index is 0.135. The molecule has 4 unspecified atom stereocenters. The molecule has 0 N–H and O–H groups in total. The van der Waals surface area contributed by atoms with Crippen LogP contribution in [0.2, 0.25) is 0 Å². The Labute approximate surface area is 198 Å². The maximum Gasteiger partial charge on any atom is 0.181 e. The maximum absolute atomic E-state index is 12.2. The number of carbonyl (C=O) groups excluding carboxylic acids is 4. The lowest BCUT2D eigenvalue weighted by Gasteiger charge is -2.06. The third-order valence-corrected chi connectivity index (χ3v) is 10.7. The largest absolute Gasteiger partial charge is 0.293 e. The zero-order valence-corrected chi connectivity index (χ0v) is 19.5. The molecular formula is C24H12O4S4. The molecular weight excluding hydrogens is 481 g/mol. The van der Waals surface area contributed by atoms with Gasteiger partial charge in [0, 0.05) is 20.9 Å². The van der Waals surface area contributed by atoms with Crippen LogP contribution in [-0.4, -0.2) is 23.1 Å². The van der Waals surface area contributed by atoms with E-state index >= 15 is 0 Å². The Morgan fingerprint density at radius 1 is 0.469 bits per heavy atom. The van der Waals surface area contributed by atoms with E-state index in [-0.39, 0.29) is 46.8 Å². The quantitative estimate of drug-likeness (QED) is 0.296. The predicted molar refractivity (Wildman–Crippen MR) is 126 cm³/mol. The lowest BCUT2D eigenvalue weighted by molar-refractivity contribution is 0.0914. The number of rotatable bonds is 0. The van der Waals surface area contributed by atoms with E-state index in [0.29, 0.717) is 0 Å². The van der Waals surface area contributed by atoms with Crippen LogP contribution in [0.25, 0.3) is 0 Å². The number of ketones is 4. The van der Waals surface area contributed by atoms with Crippen molar-refractivity contribution in [3.63, 3.8) is 0 Å². The Morgan fingerprint density at radius 3 is 1.31 bits per heavy atom. The summed E-state index contributed by atoms with van der Waals surface area (Å²) >= 11 is 5.98. The molecule has 4 nitrogen and oxygen atoms in total. The van der Waals surface area contributed by atoms with Gasteiger partial charge < -0.3 is 0 Å². The van der Waals surface area contributed by atoms with Crippen LogP contribution in [0.3, 0.4) is 0 Å². The average molecular weight is 493 g/mol. The van der Waals surface area contributed by atoms with Crippen molar-refractivity contribution in [3.8, 4) is 0 Å². The van der Waals surface area contributed by atoms with Gasteiger partial charge in [0.2, 0.25) is 0 Å². The zero-order chi connectivity index (χ0) is 21.7. The molecule has 0 spiro atoms. The van der Waals surface area contributed by atoms with Crippen molar-refractivity contribution in [3.05, 3.63) is 87.5 Å². The van der Waals surface area contributed by atoms with Crippen molar-refractivity contribution in [1.82, 2.24) is 0 Å². The molecule has 8 heteroatoms. The maximum atomic E-state index is 12.2. The molecule has 156 valence electrons. The summed E-state index contributed by atoms with van der Waals surface area (Å²) in [4.78, 5) is 52.4. The first-order valence-electron chi connectivity index (χ1n) is 10.0. The Morgan fingerprint density at radius 2 is 0.875 bits per heavy atom. The van der Waals surface area contributed by atoms with Crippen molar-refractivity contribution >= 4 is 68.5 Å². The van der Waals surface area contributed by atoms with E-state index in [2.05, 4.69) is 0 Å². The highest BCUT2D eigenvalue weighted by Gasteiger charge is 2.53. The van der Waals surface area contributed by atoms with Gasteiger partial charge in [0.15, 0.2) is 23.1 Å². The standard InChI is InChI=1S/2C12H6O2S2/c13-9-5-1-3-15-11(5)8-7(9)12-6(10(8)14)2-4-16-12;13-9-7-5-1-3-15-11(5)10(14)8(7)6-2-4-16-12(6)9/h2*1-4,7-8H. The molecule has 4 heterocycles. The monoisotopic (exact) mass is 492 g/mol. The summed E-state index contributed by atoms with van der Waals surface area (Å²) in [5.74, 6) is -0.283. The van der Waals surface area contributed by atoms with Crippen LogP contribution in [0.15, 0.2) is 45.8 Å². The number of Topliss-reactive ketones (excluding diaryl/α,β-unsaturated/α-hetero) is 4. The number of fused-ring (bicyclic) bond motifs is 10. The molecule has 0 saturated carbocycles. The molecule has 0 amide bonds. The lowest BCUT2D eigenvalue weighted by atomic mass is 9.93. The SMILES string of the molecule is O=C1c2ccsc2C2C(=O)c3ccsc3C12.O=C1c2sccc2C2C(=O)c3sccc3C12. The summed E-state index contributed by atoms with van der Waals surface area (Å²) in [6, 6.07) is 7.55. The van der Waals surface area contributed by atoms with E-state index in [9.17, 15) is 19.2 Å². The highest BCUT2D eigenvalue weighted by molar-refractivity contribution is 7.13. The van der Waals surface area contributed by atoms with Crippen LogP contribution in [0, 0.1) is 0 Å². The molecule has 4 aromatic heterocycles. The minimum Gasteiger partial charge on any atom is -0.293 e. The van der Waals surface area contributed by atoms with Crippen LogP contribution >= 0.6 is 45.3 Å². The molecule has 0 radical (unpaired) electrons. The molecule has 0 aromatic carbocycles. The lowest BCUT2D eigenvalue weighted by Crippen LogP contribution is -2.09. The number of carbonyl (C=O) groups is 4. The summed E-state index contributed by atoms with van der Waals surface area (Å²) in [5.41, 5.74) is 3.45. The van der Waals surface area contributed by atoms with Crippen LogP contribution in [0.4, 0.5) is 0 Å². The van der Waals surface area contributed by atoms with E-state index in [0.717, 1.165) is 41.8 Å². The fourth-order valence-corrected chi connectivity index (χ4v) is 9.39. The van der Waals surface area contributed by atoms with Crippen LogP contribution in [0.1, 0.15) is 84.6 Å². The normalized spacial score (nSPS) is 25.8. The summed E-state index contributed by atoms with van der Waals surface area (Å²) in [6.45, 7) is 0. The van der Waals surface area contributed by atoms with Crippen molar-refractivity contribution < 1.29 is 19.2 Å². The van der Waals surface area contributed by atoms with Gasteiger partial charge in [-0.25, -0.2) is 0 Å². The van der Waals surface area contributed by atoms with Gasteiger partial charge in [-0.15, -0.1) is 45.3 Å². The van der Waals surface area contributed by atoms with E-state index in [1.807, 2.05) is 45.8 Å². The van der Waals surface area contributed by atoms with Crippen molar-refractivity contribution in [1.29, 1.82) is 0 Å². The molecule has 4 atom stereocenters. The number of thiophene rings is 4. The molecule has 4 aromatic rings. The third-order valence-electron chi connectivity index (χ3n) is 6.79. The van der Waals surface area contributed by atoms with Crippen LogP contribution in [-0.2, 0) is 0 Å². The minimum atomic E-state index is -0.212. The first-order valence-corrected chi connectivity index (χ1v) is 13.6. The Kier molecular flexibility index (Phi) is 3.86. The smallest absolute Gasteiger partial charge is 0.181 e. The molecule has 4 aliphatic rings. The van der Waals surface area contributed by atoms with E-state index in [1.165, 1.54) is 45.3 Å². The average Bonchev–Trinajstić information content (AvgIpc) is 3.60. The van der Waals surface area contributed by atoms with Gasteiger partial charge in [0.05, 0.1) is 33.4 Å². The van der Waals surface area contributed by atoms with Gasteiger partial charge in [-0.1, -0.05) is 0 Å². The Balaban J connectivity index is 0.000000113.